The molecule has 0 heterocycles. The van der Waals surface area contributed by atoms with E-state index in [0.29, 0.717) is 0 Å². The molecule has 0 aliphatic heterocycles. The second kappa shape index (κ2) is 17.6. The average molecular weight is 373 g/mol. The molecule has 0 saturated carbocycles. The topological polar surface area (TPSA) is 0 Å². The third-order valence-corrected chi connectivity index (χ3v) is 8.45. The molecular weight excluding hydrogens is 328 g/mol. The lowest BCUT2D eigenvalue weighted by Crippen LogP contribution is -2.27. The first-order chi connectivity index (χ1) is 12.9. The Morgan fingerprint density at radius 2 is 1.19 bits per heavy atom. The zero-order valence-electron chi connectivity index (χ0n) is 17.7. The molecule has 1 aromatic carbocycles. The van der Waals surface area contributed by atoms with Gasteiger partial charge in [-0.25, -0.2) is 0 Å². The Morgan fingerprint density at radius 1 is 0.654 bits per heavy atom. The summed E-state index contributed by atoms with van der Waals surface area (Å²) < 4.78 is 0. The van der Waals surface area contributed by atoms with Gasteiger partial charge in [0.05, 0.1) is 8.80 Å². The van der Waals surface area contributed by atoms with E-state index < -0.39 is 8.80 Å². The Kier molecular flexibility index (Phi) is 15.7. The molecule has 0 N–H and O–H groups in total. The van der Waals surface area contributed by atoms with Crippen LogP contribution >= 0.6 is 0 Å². The van der Waals surface area contributed by atoms with E-state index in [2.05, 4.69) is 56.0 Å². The maximum Gasteiger partial charge on any atom is 0.0936 e. The Hall–Kier alpha value is -0.823. The van der Waals surface area contributed by atoms with Crippen molar-refractivity contribution in [1.29, 1.82) is 0 Å². The molecule has 0 radical (unpaired) electrons. The smallest absolute Gasteiger partial charge is 0.0936 e. The van der Waals surface area contributed by atoms with Crippen molar-refractivity contribution in [3.8, 4) is 0 Å². The molecule has 0 aliphatic carbocycles. The zero-order valence-corrected chi connectivity index (χ0v) is 18.9. The van der Waals surface area contributed by atoms with Crippen molar-refractivity contribution in [2.45, 2.75) is 110 Å². The minimum Gasteiger partial charge on any atom is -0.0968 e. The maximum absolute atomic E-state index is 2.64. The second-order valence-electron chi connectivity index (χ2n) is 7.91. The van der Waals surface area contributed by atoms with Gasteiger partial charge in [-0.3, -0.25) is 0 Å². The number of benzene rings is 1. The molecule has 0 aromatic heterocycles. The molecule has 0 spiro atoms. The van der Waals surface area contributed by atoms with Crippen molar-refractivity contribution < 1.29 is 0 Å². The Bertz CT molecular complexity index is 423. The van der Waals surface area contributed by atoms with Gasteiger partial charge in [-0.2, -0.15) is 0 Å². The predicted molar refractivity (Wildman–Crippen MR) is 123 cm³/mol. The van der Waals surface area contributed by atoms with E-state index in [9.17, 15) is 0 Å². The van der Waals surface area contributed by atoms with Crippen LogP contribution < -0.4 is 5.19 Å². The summed E-state index contributed by atoms with van der Waals surface area (Å²) in [4.78, 5) is 0. The molecule has 0 nitrogen and oxygen atoms in total. The van der Waals surface area contributed by atoms with E-state index in [1.165, 1.54) is 95.9 Å². The SMILES string of the molecule is CCCCCCC/C=C/[SiH](CCCCCCCCCC)c1ccccc1. The summed E-state index contributed by atoms with van der Waals surface area (Å²) in [5.74, 6) is 0. The highest BCUT2D eigenvalue weighted by atomic mass is 28.3. The Morgan fingerprint density at radius 3 is 1.81 bits per heavy atom. The van der Waals surface area contributed by atoms with Crippen LogP contribution in [-0.4, -0.2) is 8.80 Å². The molecule has 0 bridgehead atoms. The van der Waals surface area contributed by atoms with E-state index in [1.54, 1.807) is 5.19 Å². The van der Waals surface area contributed by atoms with Crippen molar-refractivity contribution in [2.24, 2.45) is 0 Å². The van der Waals surface area contributed by atoms with Gasteiger partial charge in [0, 0.05) is 0 Å². The highest BCUT2D eigenvalue weighted by Crippen LogP contribution is 2.12. The third-order valence-electron chi connectivity index (χ3n) is 5.44. The summed E-state index contributed by atoms with van der Waals surface area (Å²) in [7, 11) is -0.907. The molecule has 1 unspecified atom stereocenters. The average Bonchev–Trinajstić information content (AvgIpc) is 2.68. The second-order valence-corrected chi connectivity index (χ2v) is 10.8. The minimum atomic E-state index is -0.907. The highest BCUT2D eigenvalue weighted by Gasteiger charge is 2.09. The molecule has 1 atom stereocenters. The summed E-state index contributed by atoms with van der Waals surface area (Å²) in [6, 6.07) is 12.8. The summed E-state index contributed by atoms with van der Waals surface area (Å²) in [6.45, 7) is 4.59. The van der Waals surface area contributed by atoms with Crippen LogP contribution in [0, 0.1) is 0 Å². The van der Waals surface area contributed by atoms with Crippen molar-refractivity contribution >= 4 is 14.0 Å². The van der Waals surface area contributed by atoms with E-state index in [-0.39, 0.29) is 0 Å². The lowest BCUT2D eigenvalue weighted by atomic mass is 10.1. The molecule has 26 heavy (non-hydrogen) atoms. The fourth-order valence-corrected chi connectivity index (χ4v) is 6.41. The molecule has 0 saturated heterocycles. The van der Waals surface area contributed by atoms with Gasteiger partial charge in [-0.05, 0) is 12.8 Å². The molecule has 1 rings (SSSR count). The molecule has 0 aliphatic rings. The predicted octanol–water partition coefficient (Wildman–Crippen LogP) is 7.72. The summed E-state index contributed by atoms with van der Waals surface area (Å²) >= 11 is 0. The lowest BCUT2D eigenvalue weighted by Gasteiger charge is -2.12. The number of hydrogen-bond donors (Lipinski definition) is 0. The van der Waals surface area contributed by atoms with Crippen molar-refractivity contribution in [2.75, 3.05) is 0 Å². The van der Waals surface area contributed by atoms with Gasteiger partial charge in [-0.15, -0.1) is 0 Å². The van der Waals surface area contributed by atoms with E-state index >= 15 is 0 Å². The van der Waals surface area contributed by atoms with Crippen LogP contribution in [0.4, 0.5) is 0 Å². The first kappa shape index (κ1) is 23.2. The van der Waals surface area contributed by atoms with Crippen LogP contribution in [0.15, 0.2) is 42.1 Å². The Balaban J connectivity index is 2.27. The molecular formula is C25H44Si. The van der Waals surface area contributed by atoms with Crippen LogP contribution in [0.1, 0.15) is 104 Å². The molecule has 0 fully saturated rings. The standard InChI is InChI=1S/C25H44Si/c1-3-5-7-9-11-13-15-20-24-26(25-21-17-16-18-22-25)23-19-14-12-10-8-6-4-2/h16-19,21-23,26H,3-15,20,24H2,1-2H3/b23-19+. The summed E-state index contributed by atoms with van der Waals surface area (Å²) in [6.07, 6.45) is 22.2. The van der Waals surface area contributed by atoms with E-state index in [4.69, 9.17) is 0 Å². The number of hydrogen-bond acceptors (Lipinski definition) is 0. The van der Waals surface area contributed by atoms with E-state index in [0.717, 1.165) is 0 Å². The monoisotopic (exact) mass is 372 g/mol. The lowest BCUT2D eigenvalue weighted by molar-refractivity contribution is 0.584. The number of unbranched alkanes of at least 4 members (excludes halogenated alkanes) is 12. The fraction of sp³-hybridized carbons (Fsp3) is 0.680. The van der Waals surface area contributed by atoms with Crippen LogP contribution in [0.2, 0.25) is 6.04 Å². The maximum atomic E-state index is 2.64. The first-order valence-corrected chi connectivity index (χ1v) is 13.7. The minimum absolute atomic E-state index is 0.907. The quantitative estimate of drug-likeness (QED) is 0.194. The highest BCUT2D eigenvalue weighted by molar-refractivity contribution is 6.77. The zero-order chi connectivity index (χ0) is 18.7. The van der Waals surface area contributed by atoms with Gasteiger partial charge in [0.2, 0.25) is 0 Å². The van der Waals surface area contributed by atoms with E-state index in [1.807, 2.05) is 0 Å². The van der Waals surface area contributed by atoms with Gasteiger partial charge < -0.3 is 0 Å². The molecule has 0 amide bonds. The first-order valence-electron chi connectivity index (χ1n) is 11.6. The number of rotatable bonds is 17. The van der Waals surface area contributed by atoms with Crippen molar-refractivity contribution in [1.82, 2.24) is 0 Å². The Labute approximate surface area is 166 Å². The normalized spacial score (nSPS) is 12.7. The van der Waals surface area contributed by atoms with Gasteiger partial charge >= 0.3 is 0 Å². The van der Waals surface area contributed by atoms with Gasteiger partial charge in [0.25, 0.3) is 0 Å². The van der Waals surface area contributed by atoms with Gasteiger partial charge in [-0.1, -0.05) is 144 Å². The molecule has 1 aromatic rings. The third kappa shape index (κ3) is 12.5. The van der Waals surface area contributed by atoms with Crippen LogP contribution in [0.5, 0.6) is 0 Å². The van der Waals surface area contributed by atoms with Crippen molar-refractivity contribution in [3.05, 3.63) is 42.1 Å². The van der Waals surface area contributed by atoms with Gasteiger partial charge in [0.1, 0.15) is 0 Å². The van der Waals surface area contributed by atoms with Crippen LogP contribution in [-0.2, 0) is 0 Å². The van der Waals surface area contributed by atoms with Crippen molar-refractivity contribution in [3.63, 3.8) is 0 Å². The molecule has 148 valence electrons. The fourth-order valence-electron chi connectivity index (χ4n) is 3.70. The van der Waals surface area contributed by atoms with Crippen LogP contribution in [0.3, 0.4) is 0 Å². The van der Waals surface area contributed by atoms with Gasteiger partial charge in [0.15, 0.2) is 0 Å². The number of allylic oxidation sites excluding steroid dienone is 1. The molecule has 1 heteroatoms. The largest absolute Gasteiger partial charge is 0.0968 e. The summed E-state index contributed by atoms with van der Waals surface area (Å²) in [5, 5.41) is 1.64. The van der Waals surface area contributed by atoms with Crippen LogP contribution in [0.25, 0.3) is 0 Å². The summed E-state index contributed by atoms with van der Waals surface area (Å²) in [5.41, 5.74) is 2.64.